The molecule has 0 bridgehead atoms. The molecule has 0 spiro atoms. The van der Waals surface area contributed by atoms with Crippen molar-refractivity contribution in [2.45, 2.75) is 42.0 Å². The van der Waals surface area contributed by atoms with Crippen LogP contribution < -0.4 is 5.32 Å². The highest BCUT2D eigenvalue weighted by Crippen LogP contribution is 2.54. The van der Waals surface area contributed by atoms with Crippen LogP contribution in [0.4, 0.5) is 0 Å². The Morgan fingerprint density at radius 1 is 1.07 bits per heavy atom. The second kappa shape index (κ2) is 13.5. The summed E-state index contributed by atoms with van der Waals surface area (Å²) < 4.78 is 4.36. The fraction of sp³-hybridized carbons (Fsp3) is 0.353. The molecule has 2 saturated heterocycles. The second-order valence-corrected chi connectivity index (χ2v) is 13.8. The fourth-order valence-corrected chi connectivity index (χ4v) is 8.14. The Kier molecular flexibility index (Phi) is 9.54. The van der Waals surface area contributed by atoms with Gasteiger partial charge in [-0.2, -0.15) is 0 Å². The van der Waals surface area contributed by atoms with Crippen LogP contribution in [0.15, 0.2) is 77.8 Å². The van der Waals surface area contributed by atoms with Crippen molar-refractivity contribution >= 4 is 57.7 Å². The van der Waals surface area contributed by atoms with E-state index in [1.54, 1.807) is 0 Å². The number of aromatic nitrogens is 1. The lowest BCUT2D eigenvalue weighted by atomic mass is 9.91. The maximum Gasteiger partial charge on any atom is 0.239 e. The molecule has 230 valence electrons. The predicted octanol–water partition coefficient (Wildman–Crippen LogP) is 6.63. The highest BCUT2D eigenvalue weighted by molar-refractivity contribution is 8.01. The minimum atomic E-state index is -1.12. The monoisotopic (exact) mass is 650 g/mol. The summed E-state index contributed by atoms with van der Waals surface area (Å²) in [6.07, 6.45) is 2.81. The molecule has 1 aromatic heterocycles. The topological polar surface area (TPSA) is 77.7 Å². The molecule has 10 heteroatoms. The van der Waals surface area contributed by atoms with Crippen LogP contribution in [-0.2, 0) is 20.9 Å². The smallest absolute Gasteiger partial charge is 0.239 e. The maximum absolute atomic E-state index is 14.6. The standard InChI is InChI=1S/C34H36Cl2N4O3S/c1-23-18-25(35)9-8-24(23)22-40-31(41)20-34(44-27-6-3-2-4-7-27,33(42)37-12-5-13-39-14-16-43-17-15-39)32(40)29-21-38-30-19-26(36)10-11-28(29)30/h2-4,6-11,18-19,21,32,38H,5,12-17,20,22H2,1H3,(H,37,42)/t32-,34+/m0/s1. The van der Waals surface area contributed by atoms with Crippen molar-refractivity contribution in [3.63, 3.8) is 0 Å². The molecular formula is C34H36Cl2N4O3S. The van der Waals surface area contributed by atoms with E-state index in [0.29, 0.717) is 23.1 Å². The van der Waals surface area contributed by atoms with E-state index in [-0.39, 0.29) is 18.2 Å². The molecule has 44 heavy (non-hydrogen) atoms. The van der Waals surface area contributed by atoms with Gasteiger partial charge in [-0.25, -0.2) is 0 Å². The van der Waals surface area contributed by atoms with Gasteiger partial charge in [0.05, 0.1) is 25.7 Å². The Bertz CT molecular complexity index is 1640. The molecular weight excluding hydrogens is 615 g/mol. The molecule has 2 fully saturated rings. The van der Waals surface area contributed by atoms with Gasteiger partial charge in [0.2, 0.25) is 11.8 Å². The lowest BCUT2D eigenvalue weighted by molar-refractivity contribution is -0.129. The van der Waals surface area contributed by atoms with Crippen LogP contribution in [0.5, 0.6) is 0 Å². The van der Waals surface area contributed by atoms with Gasteiger partial charge < -0.3 is 19.9 Å². The first kappa shape index (κ1) is 31.0. The summed E-state index contributed by atoms with van der Waals surface area (Å²) in [6.45, 7) is 7.05. The average Bonchev–Trinajstić information content (AvgIpc) is 3.55. The molecule has 0 unspecified atom stereocenters. The maximum atomic E-state index is 14.6. The van der Waals surface area contributed by atoms with Gasteiger partial charge >= 0.3 is 0 Å². The quantitative estimate of drug-likeness (QED) is 0.189. The largest absolute Gasteiger partial charge is 0.379 e. The Balaban J connectivity index is 1.39. The average molecular weight is 652 g/mol. The Labute approximate surface area is 272 Å². The molecule has 2 aliphatic rings. The minimum absolute atomic E-state index is 0.0689. The van der Waals surface area contributed by atoms with Gasteiger partial charge in [-0.15, -0.1) is 11.8 Å². The first-order valence-electron chi connectivity index (χ1n) is 15.0. The number of hydrogen-bond donors (Lipinski definition) is 2. The van der Waals surface area contributed by atoms with Crippen LogP contribution in [0.3, 0.4) is 0 Å². The number of likely N-dealkylation sites (tertiary alicyclic amines) is 1. The highest BCUT2D eigenvalue weighted by Gasteiger charge is 2.58. The lowest BCUT2D eigenvalue weighted by Crippen LogP contribution is -2.48. The summed E-state index contributed by atoms with van der Waals surface area (Å²) in [6, 6.07) is 20.8. The Morgan fingerprint density at radius 3 is 2.59 bits per heavy atom. The molecule has 2 N–H and O–H groups in total. The summed E-state index contributed by atoms with van der Waals surface area (Å²) in [7, 11) is 0. The highest BCUT2D eigenvalue weighted by atomic mass is 35.5. The number of morpholine rings is 1. The molecule has 0 aliphatic carbocycles. The molecule has 2 amide bonds. The third-order valence-electron chi connectivity index (χ3n) is 8.57. The number of carbonyl (C=O) groups excluding carboxylic acids is 2. The van der Waals surface area contributed by atoms with E-state index >= 15 is 0 Å². The zero-order valence-corrected chi connectivity index (χ0v) is 27.0. The Morgan fingerprint density at radius 2 is 1.82 bits per heavy atom. The van der Waals surface area contributed by atoms with Gasteiger partial charge in [0.1, 0.15) is 4.75 Å². The van der Waals surface area contributed by atoms with Gasteiger partial charge in [0.25, 0.3) is 0 Å². The second-order valence-electron chi connectivity index (χ2n) is 11.5. The number of aryl methyl sites for hydroxylation is 1. The van der Waals surface area contributed by atoms with E-state index in [1.807, 2.05) is 84.8 Å². The molecule has 3 heterocycles. The zero-order valence-electron chi connectivity index (χ0n) is 24.7. The van der Waals surface area contributed by atoms with Crippen molar-refractivity contribution in [2.75, 3.05) is 39.4 Å². The Hall–Kier alpha value is -3.01. The molecule has 6 rings (SSSR count). The van der Waals surface area contributed by atoms with Crippen LogP contribution >= 0.6 is 35.0 Å². The lowest BCUT2D eigenvalue weighted by Gasteiger charge is -2.36. The van der Waals surface area contributed by atoms with Gasteiger partial charge in [-0.3, -0.25) is 14.5 Å². The van der Waals surface area contributed by atoms with Gasteiger partial charge in [0, 0.05) is 63.8 Å². The first-order chi connectivity index (χ1) is 21.3. The first-order valence-corrected chi connectivity index (χ1v) is 16.5. The van der Waals surface area contributed by atoms with Crippen molar-refractivity contribution in [3.8, 4) is 0 Å². The van der Waals surface area contributed by atoms with Crippen molar-refractivity contribution in [3.05, 3.63) is 99.7 Å². The third kappa shape index (κ3) is 6.51. The molecule has 3 aromatic carbocycles. The number of thioether (sulfide) groups is 1. The minimum Gasteiger partial charge on any atom is -0.379 e. The molecule has 2 atom stereocenters. The number of nitrogens with zero attached hydrogens (tertiary/aromatic N) is 2. The SMILES string of the molecule is Cc1cc(Cl)ccc1CN1C(=O)C[C@](Sc2ccccc2)(C(=O)NCCCN2CCOCC2)[C@@H]1c1c[nH]c2cc(Cl)ccc12. The third-order valence-corrected chi connectivity index (χ3v) is 10.5. The summed E-state index contributed by atoms with van der Waals surface area (Å²) >= 11 is 14.1. The predicted molar refractivity (Wildman–Crippen MR) is 177 cm³/mol. The summed E-state index contributed by atoms with van der Waals surface area (Å²) in [5.74, 6) is -0.204. The number of ether oxygens (including phenoxy) is 1. The van der Waals surface area contributed by atoms with E-state index in [4.69, 9.17) is 27.9 Å². The number of rotatable bonds is 10. The van der Waals surface area contributed by atoms with Crippen LogP contribution in [0.25, 0.3) is 10.9 Å². The van der Waals surface area contributed by atoms with E-state index in [9.17, 15) is 9.59 Å². The number of benzene rings is 3. The summed E-state index contributed by atoms with van der Waals surface area (Å²) in [5, 5.41) is 5.45. The van der Waals surface area contributed by atoms with Crippen molar-refractivity contribution < 1.29 is 14.3 Å². The van der Waals surface area contributed by atoms with E-state index < -0.39 is 10.8 Å². The van der Waals surface area contributed by atoms with Gasteiger partial charge in [-0.05, 0) is 67.4 Å². The molecule has 0 saturated carbocycles. The van der Waals surface area contributed by atoms with Crippen LogP contribution in [0, 0.1) is 6.92 Å². The molecule has 4 aromatic rings. The number of H-pyrrole nitrogens is 1. The molecule has 7 nitrogen and oxygen atoms in total. The van der Waals surface area contributed by atoms with Gasteiger partial charge in [0.15, 0.2) is 0 Å². The van der Waals surface area contributed by atoms with Crippen molar-refractivity contribution in [1.82, 2.24) is 20.1 Å². The molecule has 2 aliphatic heterocycles. The van der Waals surface area contributed by atoms with E-state index in [2.05, 4.69) is 15.2 Å². The van der Waals surface area contributed by atoms with Crippen molar-refractivity contribution in [1.29, 1.82) is 0 Å². The number of amides is 2. The molecule has 0 radical (unpaired) electrons. The van der Waals surface area contributed by atoms with Gasteiger partial charge in [-0.1, -0.05) is 53.5 Å². The van der Waals surface area contributed by atoms with Crippen LogP contribution in [0.2, 0.25) is 10.0 Å². The number of fused-ring (bicyclic) bond motifs is 1. The van der Waals surface area contributed by atoms with Crippen LogP contribution in [0.1, 0.15) is 35.6 Å². The number of halogens is 2. The normalized spacial score (nSPS) is 20.8. The number of carbonyl (C=O) groups is 2. The number of hydrogen-bond acceptors (Lipinski definition) is 5. The van der Waals surface area contributed by atoms with Crippen LogP contribution in [-0.4, -0.2) is 70.7 Å². The van der Waals surface area contributed by atoms with E-state index in [0.717, 1.165) is 71.8 Å². The van der Waals surface area contributed by atoms with Crippen molar-refractivity contribution in [2.24, 2.45) is 0 Å². The fourth-order valence-electron chi connectivity index (χ4n) is 6.30. The number of aromatic amines is 1. The van der Waals surface area contributed by atoms with E-state index in [1.165, 1.54) is 11.8 Å². The summed E-state index contributed by atoms with van der Waals surface area (Å²) in [5.41, 5.74) is 3.73. The zero-order chi connectivity index (χ0) is 30.7. The number of nitrogens with one attached hydrogen (secondary N) is 2. The summed E-state index contributed by atoms with van der Waals surface area (Å²) in [4.78, 5) is 37.3.